The minimum atomic E-state index is -0.0389. The number of nitrogens with one attached hydrogen (secondary N) is 2. The molecule has 0 atom stereocenters. The second-order valence-corrected chi connectivity index (χ2v) is 8.00. The molecule has 0 bridgehead atoms. The van der Waals surface area contributed by atoms with E-state index in [2.05, 4.69) is 27.4 Å². The monoisotopic (exact) mass is 428 g/mol. The zero-order chi connectivity index (χ0) is 21.2. The van der Waals surface area contributed by atoms with Gasteiger partial charge in [0.05, 0.1) is 17.0 Å². The number of rotatable bonds is 5. The number of H-pyrrole nitrogens is 1. The average molecular weight is 429 g/mol. The van der Waals surface area contributed by atoms with E-state index in [1.54, 1.807) is 6.20 Å². The lowest BCUT2D eigenvalue weighted by Crippen LogP contribution is -2.31. The number of carbonyl (C=O) groups excluding carboxylic acids is 1. The SMILES string of the molecule is O=C1NCCc2[nH]c(-c3ccnc(-c4ccccc4CCc4ccccc4Cl)n3)cc21. The van der Waals surface area contributed by atoms with Crippen LogP contribution in [0, 0.1) is 0 Å². The first kappa shape index (κ1) is 19.5. The van der Waals surface area contributed by atoms with Crippen molar-refractivity contribution in [2.24, 2.45) is 0 Å². The van der Waals surface area contributed by atoms with E-state index < -0.39 is 0 Å². The molecule has 2 aromatic heterocycles. The Labute approximate surface area is 185 Å². The van der Waals surface area contributed by atoms with Gasteiger partial charge in [-0.1, -0.05) is 54.1 Å². The molecule has 3 heterocycles. The molecule has 0 unspecified atom stereocenters. The molecule has 0 saturated carbocycles. The number of aryl methyl sites for hydroxylation is 2. The van der Waals surface area contributed by atoms with Gasteiger partial charge in [-0.2, -0.15) is 0 Å². The van der Waals surface area contributed by atoms with Gasteiger partial charge in [0.1, 0.15) is 0 Å². The van der Waals surface area contributed by atoms with Gasteiger partial charge in [-0.3, -0.25) is 4.79 Å². The molecule has 1 amide bonds. The summed E-state index contributed by atoms with van der Waals surface area (Å²) in [5.74, 6) is 0.632. The lowest BCUT2D eigenvalue weighted by Gasteiger charge is -2.11. The predicted molar refractivity (Wildman–Crippen MR) is 122 cm³/mol. The molecule has 154 valence electrons. The Balaban J connectivity index is 1.45. The summed E-state index contributed by atoms with van der Waals surface area (Å²) in [6, 6.07) is 19.9. The number of aromatic amines is 1. The fourth-order valence-electron chi connectivity index (χ4n) is 4.00. The summed E-state index contributed by atoms with van der Waals surface area (Å²) in [7, 11) is 0. The van der Waals surface area contributed by atoms with Crippen molar-refractivity contribution in [2.45, 2.75) is 19.3 Å². The largest absolute Gasteiger partial charge is 0.356 e. The Hall–Kier alpha value is -3.44. The van der Waals surface area contributed by atoms with Crippen molar-refractivity contribution >= 4 is 17.5 Å². The van der Waals surface area contributed by atoms with Crippen molar-refractivity contribution in [1.82, 2.24) is 20.3 Å². The van der Waals surface area contributed by atoms with Crippen LogP contribution < -0.4 is 5.32 Å². The minimum Gasteiger partial charge on any atom is -0.356 e. The van der Waals surface area contributed by atoms with Crippen molar-refractivity contribution in [3.8, 4) is 22.8 Å². The summed E-state index contributed by atoms with van der Waals surface area (Å²) in [4.78, 5) is 24.8. The van der Waals surface area contributed by atoms with E-state index in [1.807, 2.05) is 48.5 Å². The first-order valence-corrected chi connectivity index (χ1v) is 10.7. The van der Waals surface area contributed by atoms with Crippen molar-refractivity contribution in [3.63, 3.8) is 0 Å². The van der Waals surface area contributed by atoms with Gasteiger partial charge in [-0.15, -0.1) is 0 Å². The summed E-state index contributed by atoms with van der Waals surface area (Å²) in [6.45, 7) is 0.652. The number of carbonyl (C=O) groups is 1. The Morgan fingerprint density at radius 2 is 1.71 bits per heavy atom. The third kappa shape index (κ3) is 3.97. The summed E-state index contributed by atoms with van der Waals surface area (Å²) >= 11 is 6.33. The summed E-state index contributed by atoms with van der Waals surface area (Å²) in [5, 5.41) is 3.67. The molecule has 5 rings (SSSR count). The molecule has 0 fully saturated rings. The summed E-state index contributed by atoms with van der Waals surface area (Å²) < 4.78 is 0. The zero-order valence-corrected chi connectivity index (χ0v) is 17.6. The maximum absolute atomic E-state index is 12.1. The highest BCUT2D eigenvalue weighted by Crippen LogP contribution is 2.27. The van der Waals surface area contributed by atoms with Crippen LogP contribution in [0.15, 0.2) is 66.9 Å². The van der Waals surface area contributed by atoms with Gasteiger partial charge >= 0.3 is 0 Å². The lowest BCUT2D eigenvalue weighted by molar-refractivity contribution is 0.0946. The zero-order valence-electron chi connectivity index (χ0n) is 16.9. The number of hydrogen-bond donors (Lipinski definition) is 2. The Morgan fingerprint density at radius 3 is 2.55 bits per heavy atom. The van der Waals surface area contributed by atoms with Crippen LogP contribution >= 0.6 is 11.6 Å². The molecule has 5 nitrogen and oxygen atoms in total. The topological polar surface area (TPSA) is 70.7 Å². The third-order valence-electron chi connectivity index (χ3n) is 5.62. The van der Waals surface area contributed by atoms with Crippen LogP contribution in [0.5, 0.6) is 0 Å². The standard InChI is InChI=1S/C25H21ClN4O/c26-20-8-4-2-6-17(20)10-9-16-5-1-3-7-18(16)24-27-13-12-22(30-24)23-15-19-21(29-23)11-14-28-25(19)31/h1-8,12-13,15,29H,9-11,14H2,(H,28,31). The second kappa shape index (κ2) is 8.36. The summed E-state index contributed by atoms with van der Waals surface area (Å²) in [6.07, 6.45) is 4.24. The normalized spacial score (nSPS) is 13.0. The van der Waals surface area contributed by atoms with Gasteiger partial charge in [0.2, 0.25) is 0 Å². The first-order chi connectivity index (χ1) is 15.2. The molecule has 31 heavy (non-hydrogen) atoms. The highest BCUT2D eigenvalue weighted by molar-refractivity contribution is 6.31. The summed E-state index contributed by atoms with van der Waals surface area (Å²) in [5.41, 5.74) is 6.56. The van der Waals surface area contributed by atoms with Crippen LogP contribution in [0.25, 0.3) is 22.8 Å². The second-order valence-electron chi connectivity index (χ2n) is 7.60. The van der Waals surface area contributed by atoms with E-state index in [4.69, 9.17) is 16.6 Å². The molecule has 1 aliphatic heterocycles. The number of halogens is 1. The van der Waals surface area contributed by atoms with E-state index in [0.29, 0.717) is 17.9 Å². The highest BCUT2D eigenvalue weighted by atomic mass is 35.5. The Bertz CT molecular complexity index is 1260. The van der Waals surface area contributed by atoms with Crippen LogP contribution in [0.4, 0.5) is 0 Å². The van der Waals surface area contributed by atoms with Gasteiger partial charge < -0.3 is 10.3 Å². The van der Waals surface area contributed by atoms with Crippen LogP contribution in [-0.4, -0.2) is 27.4 Å². The first-order valence-electron chi connectivity index (χ1n) is 10.3. The lowest BCUT2D eigenvalue weighted by atomic mass is 9.99. The van der Waals surface area contributed by atoms with Crippen LogP contribution in [0.3, 0.4) is 0 Å². The Kier molecular flexibility index (Phi) is 5.26. The molecule has 0 aliphatic carbocycles. The number of aromatic nitrogens is 3. The molecule has 6 heteroatoms. The molecule has 1 aliphatic rings. The molecule has 0 saturated heterocycles. The fraction of sp³-hybridized carbons (Fsp3) is 0.160. The van der Waals surface area contributed by atoms with Crippen LogP contribution in [0.1, 0.15) is 27.2 Å². The van der Waals surface area contributed by atoms with Crippen molar-refractivity contribution < 1.29 is 4.79 Å². The molecule has 4 aromatic rings. The van der Waals surface area contributed by atoms with Gasteiger partial charge in [0, 0.05) is 35.4 Å². The van der Waals surface area contributed by atoms with E-state index in [9.17, 15) is 4.79 Å². The van der Waals surface area contributed by atoms with E-state index in [0.717, 1.165) is 52.5 Å². The van der Waals surface area contributed by atoms with Crippen molar-refractivity contribution in [3.05, 3.63) is 94.3 Å². The maximum Gasteiger partial charge on any atom is 0.253 e. The Morgan fingerprint density at radius 1 is 0.935 bits per heavy atom. The molecular weight excluding hydrogens is 408 g/mol. The highest BCUT2D eigenvalue weighted by Gasteiger charge is 2.20. The number of nitrogens with zero attached hydrogens (tertiary/aromatic N) is 2. The molecule has 0 spiro atoms. The smallest absolute Gasteiger partial charge is 0.253 e. The quantitative estimate of drug-likeness (QED) is 0.476. The molecule has 0 radical (unpaired) electrons. The van der Waals surface area contributed by atoms with Crippen molar-refractivity contribution in [2.75, 3.05) is 6.54 Å². The molecule has 2 N–H and O–H groups in total. The number of fused-ring (bicyclic) bond motifs is 1. The number of amides is 1. The number of benzene rings is 2. The maximum atomic E-state index is 12.1. The third-order valence-corrected chi connectivity index (χ3v) is 5.98. The van der Waals surface area contributed by atoms with Gasteiger partial charge in [0.15, 0.2) is 5.82 Å². The minimum absolute atomic E-state index is 0.0389. The van der Waals surface area contributed by atoms with E-state index in [-0.39, 0.29) is 5.91 Å². The average Bonchev–Trinajstić information content (AvgIpc) is 3.25. The van der Waals surface area contributed by atoms with Gasteiger partial charge in [-0.25, -0.2) is 9.97 Å². The van der Waals surface area contributed by atoms with E-state index in [1.165, 1.54) is 5.56 Å². The number of hydrogen-bond acceptors (Lipinski definition) is 3. The van der Waals surface area contributed by atoms with E-state index >= 15 is 0 Å². The molecular formula is C25H21ClN4O. The van der Waals surface area contributed by atoms with Crippen LogP contribution in [-0.2, 0) is 19.3 Å². The van der Waals surface area contributed by atoms with Crippen molar-refractivity contribution in [1.29, 1.82) is 0 Å². The van der Waals surface area contributed by atoms with Gasteiger partial charge in [0.25, 0.3) is 5.91 Å². The molecule has 2 aromatic carbocycles. The van der Waals surface area contributed by atoms with Gasteiger partial charge in [-0.05, 0) is 42.2 Å². The van der Waals surface area contributed by atoms with Crippen LogP contribution in [0.2, 0.25) is 5.02 Å². The fourth-order valence-corrected chi connectivity index (χ4v) is 4.23. The predicted octanol–water partition coefficient (Wildman–Crippen LogP) is 4.86.